The summed E-state index contributed by atoms with van der Waals surface area (Å²) in [6.07, 6.45) is 0. The van der Waals surface area contributed by atoms with Gasteiger partial charge in [0.15, 0.2) is 0 Å². The van der Waals surface area contributed by atoms with Gasteiger partial charge in [-0.15, -0.1) is 0 Å². The largest absolute Gasteiger partial charge is 0.339 e. The van der Waals surface area contributed by atoms with Crippen LogP contribution >= 0.6 is 47.5 Å². The van der Waals surface area contributed by atoms with Crippen molar-refractivity contribution in [1.29, 1.82) is 0 Å². The lowest BCUT2D eigenvalue weighted by molar-refractivity contribution is 0.599. The van der Waals surface area contributed by atoms with Gasteiger partial charge in [-0.05, 0) is 33.7 Å². The molecule has 0 aliphatic rings. The molecule has 0 atom stereocenters. The van der Waals surface area contributed by atoms with Crippen LogP contribution in [0.4, 0.5) is 0 Å². The molecule has 0 saturated heterocycles. The van der Waals surface area contributed by atoms with E-state index in [0.717, 1.165) is 0 Å². The van der Waals surface area contributed by atoms with Crippen LogP contribution in [0.1, 0.15) is 0 Å². The minimum atomic E-state index is -3.22. The maximum atomic E-state index is 9.51. The molecule has 0 amide bonds. The average molecular weight is 216 g/mol. The minimum Gasteiger partial charge on any atom is -0.271 e. The van der Waals surface area contributed by atoms with Crippen LogP contribution in [-0.2, 0) is 9.13 Å². The zero-order chi connectivity index (χ0) is 7.21. The highest BCUT2D eigenvalue weighted by Gasteiger charge is 2.02. The first-order valence-electron chi connectivity index (χ1n) is 1.13. The van der Waals surface area contributed by atoms with Crippen molar-refractivity contribution in [1.82, 2.24) is 0 Å². The molecule has 2 N–H and O–H groups in total. The van der Waals surface area contributed by atoms with Gasteiger partial charge in [0.05, 0.1) is 0 Å². The average Bonchev–Trinajstić information content (AvgIpc) is 1.27. The number of hydrogen-bond acceptors (Lipinski definition) is 2. The fraction of sp³-hybridized carbons (Fsp3) is 0. The molecule has 0 aromatic rings. The van der Waals surface area contributed by atoms with Crippen molar-refractivity contribution >= 4 is 47.5 Å². The summed E-state index contributed by atoms with van der Waals surface area (Å²) in [6, 6.07) is 0. The molecule has 0 saturated carbocycles. The Hall–Kier alpha value is 1.16. The van der Waals surface area contributed by atoms with Gasteiger partial charge in [-0.25, -0.2) is 0 Å². The molecule has 8 heavy (non-hydrogen) atoms. The van der Waals surface area contributed by atoms with Gasteiger partial charge in [0, 0.05) is 0 Å². The molecule has 0 spiro atoms. The van der Waals surface area contributed by atoms with Crippen molar-refractivity contribution in [3.05, 3.63) is 0 Å². The predicted octanol–water partition coefficient (Wildman–Crippen LogP) is 2.96. The fourth-order valence-electron chi connectivity index (χ4n) is 0. The van der Waals surface area contributed by atoms with Crippen molar-refractivity contribution in [3.63, 3.8) is 0 Å². The van der Waals surface area contributed by atoms with E-state index in [9.17, 15) is 4.57 Å². The molecule has 0 rings (SSSR count). The van der Waals surface area contributed by atoms with Crippen LogP contribution in [0, 0.1) is 0 Å². The topological polar surface area (TPSA) is 60.2 Å². The second-order valence-corrected chi connectivity index (χ2v) is 7.35. The molecule has 0 unspecified atom stereocenters. The monoisotopic (exact) mass is 215 g/mol. The molecule has 0 aliphatic heterocycles. The van der Waals surface area contributed by atoms with Gasteiger partial charge >= 0.3 is 5.20 Å². The summed E-state index contributed by atoms with van der Waals surface area (Å²) < 4.78 is 18.2. The van der Waals surface area contributed by atoms with E-state index >= 15 is 0 Å². The van der Waals surface area contributed by atoms with E-state index < -0.39 is 5.20 Å². The summed E-state index contributed by atoms with van der Waals surface area (Å²) in [5.74, 6) is 0. The maximum absolute atomic E-state index is 9.51. The summed E-state index contributed by atoms with van der Waals surface area (Å²) in [5.41, 5.74) is 4.26. The molecule has 50 valence electrons. The molecular weight excluding hydrogens is 214 g/mol. The SMILES string of the molecule is NP=O.O=P(Cl)(Cl)Cl. The lowest BCUT2D eigenvalue weighted by Gasteiger charge is -1.74. The Morgan fingerprint density at radius 1 is 1.38 bits per heavy atom. The standard InChI is InChI=1S/Cl3OP.H2NOP/c1-5(2,3)4;1-3-2/h;(H2,1,2). The predicted molar refractivity (Wildman–Crippen MR) is 37.0 cm³/mol. The summed E-state index contributed by atoms with van der Waals surface area (Å²) >= 11 is 13.8. The second kappa shape index (κ2) is 6.28. The second-order valence-electron chi connectivity index (χ2n) is 0.504. The Morgan fingerprint density at radius 2 is 1.38 bits per heavy atom. The first kappa shape index (κ1) is 11.9. The van der Waals surface area contributed by atoms with Crippen molar-refractivity contribution in [2.24, 2.45) is 5.50 Å². The third-order valence-corrected chi connectivity index (χ3v) is 0. The van der Waals surface area contributed by atoms with Gasteiger partial charge in [-0.2, -0.15) is 0 Å². The van der Waals surface area contributed by atoms with Gasteiger partial charge < -0.3 is 0 Å². The van der Waals surface area contributed by atoms with Gasteiger partial charge in [-0.3, -0.25) is 14.6 Å². The number of nitrogens with two attached hydrogens (primary N) is 1. The third-order valence-electron chi connectivity index (χ3n) is 0. The van der Waals surface area contributed by atoms with Gasteiger partial charge in [-0.1, -0.05) is 0 Å². The highest BCUT2D eigenvalue weighted by molar-refractivity contribution is 8.24. The maximum Gasteiger partial charge on any atom is 0.339 e. The molecule has 0 aromatic heterocycles. The van der Waals surface area contributed by atoms with Crippen LogP contribution in [0.2, 0.25) is 0 Å². The van der Waals surface area contributed by atoms with Crippen LogP contribution in [0.15, 0.2) is 0 Å². The Balaban J connectivity index is 0. The summed E-state index contributed by atoms with van der Waals surface area (Å²) in [5, 5.41) is -3.22. The van der Waals surface area contributed by atoms with Crippen LogP contribution in [0.25, 0.3) is 0 Å². The van der Waals surface area contributed by atoms with E-state index in [-0.39, 0.29) is 8.61 Å². The molecule has 0 heterocycles. The van der Waals surface area contributed by atoms with E-state index in [0.29, 0.717) is 0 Å². The van der Waals surface area contributed by atoms with E-state index in [1.165, 1.54) is 0 Å². The molecule has 0 radical (unpaired) electrons. The summed E-state index contributed by atoms with van der Waals surface area (Å²) in [6.45, 7) is 0. The number of halogens is 3. The zero-order valence-electron chi connectivity index (χ0n) is 3.42. The van der Waals surface area contributed by atoms with E-state index in [2.05, 4.69) is 39.2 Å². The Labute approximate surface area is 62.5 Å². The van der Waals surface area contributed by atoms with E-state index in [1.807, 2.05) is 0 Å². The lowest BCUT2D eigenvalue weighted by atomic mass is 13.9. The zero-order valence-corrected chi connectivity index (χ0v) is 7.48. The highest BCUT2D eigenvalue weighted by Crippen LogP contribution is 2.61. The van der Waals surface area contributed by atoms with Crippen LogP contribution in [-0.4, -0.2) is 0 Å². The Morgan fingerprint density at radius 3 is 1.38 bits per heavy atom. The number of rotatable bonds is 0. The van der Waals surface area contributed by atoms with E-state index in [4.69, 9.17) is 4.57 Å². The fourth-order valence-corrected chi connectivity index (χ4v) is 0. The normalized spacial score (nSPS) is 10.0. The van der Waals surface area contributed by atoms with Crippen LogP contribution in [0.5, 0.6) is 0 Å². The van der Waals surface area contributed by atoms with Crippen molar-refractivity contribution < 1.29 is 9.13 Å². The van der Waals surface area contributed by atoms with Crippen LogP contribution in [0.3, 0.4) is 0 Å². The quantitative estimate of drug-likeness (QED) is 0.633. The van der Waals surface area contributed by atoms with Crippen molar-refractivity contribution in [2.45, 2.75) is 0 Å². The molecule has 0 aromatic carbocycles. The smallest absolute Gasteiger partial charge is 0.271 e. The summed E-state index contributed by atoms with van der Waals surface area (Å²) in [7, 11) is -0.333. The van der Waals surface area contributed by atoms with Gasteiger partial charge in [0.1, 0.15) is 0 Å². The molecule has 0 fully saturated rings. The summed E-state index contributed by atoms with van der Waals surface area (Å²) in [4.78, 5) is 0. The Bertz CT molecular complexity index is 89.2. The molecule has 8 heteroatoms. The minimum absolute atomic E-state index is 0.333. The molecule has 3 nitrogen and oxygen atoms in total. The first-order chi connectivity index (χ1) is 3.41. The highest BCUT2D eigenvalue weighted by atomic mass is 36.0. The van der Waals surface area contributed by atoms with Crippen molar-refractivity contribution in [2.75, 3.05) is 0 Å². The van der Waals surface area contributed by atoms with Gasteiger partial charge in [0.25, 0.3) is 0 Å². The molecule has 0 aliphatic carbocycles. The van der Waals surface area contributed by atoms with Gasteiger partial charge in [0.2, 0.25) is 8.61 Å². The van der Waals surface area contributed by atoms with Crippen molar-refractivity contribution in [3.8, 4) is 0 Å². The van der Waals surface area contributed by atoms with E-state index in [1.54, 1.807) is 0 Å². The molecular formula is H2Cl3NO2P2. The van der Waals surface area contributed by atoms with Crippen LogP contribution < -0.4 is 5.50 Å². The first-order valence-corrected chi connectivity index (χ1v) is 6.43. The Kier molecular flexibility index (Phi) is 9.34. The molecule has 0 bridgehead atoms. The third kappa shape index (κ3) is 202. The lowest BCUT2D eigenvalue weighted by Crippen LogP contribution is -1.51. The number of hydrogen-bond donors (Lipinski definition) is 1.